The molecule has 4 nitrogen and oxygen atoms in total. The third kappa shape index (κ3) is 5.06. The van der Waals surface area contributed by atoms with Crippen LogP contribution < -0.4 is 9.47 Å². The van der Waals surface area contributed by atoms with Crippen LogP contribution >= 0.6 is 11.6 Å². The van der Waals surface area contributed by atoms with E-state index in [9.17, 15) is 5.11 Å². The minimum Gasteiger partial charge on any atom is -0.491 e. The number of epoxide rings is 1. The van der Waals surface area contributed by atoms with Crippen LogP contribution in [0.25, 0.3) is 0 Å². The molecule has 156 valence electrons. The number of aliphatic hydroxyl groups excluding tert-OH is 1. The largest absolute Gasteiger partial charge is 0.491 e. The minimum atomic E-state index is -0.645. The molecule has 2 fully saturated rings. The van der Waals surface area contributed by atoms with Crippen LogP contribution in [0.4, 0.5) is 0 Å². The van der Waals surface area contributed by atoms with Crippen molar-refractivity contribution in [2.24, 2.45) is 0 Å². The zero-order valence-electron chi connectivity index (χ0n) is 16.7. The Morgan fingerprint density at radius 1 is 0.931 bits per heavy atom. The van der Waals surface area contributed by atoms with Gasteiger partial charge in [-0.15, -0.1) is 11.6 Å². The molecule has 0 radical (unpaired) electrons. The van der Waals surface area contributed by atoms with Gasteiger partial charge in [0.2, 0.25) is 0 Å². The van der Waals surface area contributed by atoms with Crippen LogP contribution in [0.5, 0.6) is 11.5 Å². The summed E-state index contributed by atoms with van der Waals surface area (Å²) in [5.41, 5.74) is 2.70. The molecule has 1 aliphatic heterocycles. The molecule has 1 heterocycles. The molecule has 1 saturated carbocycles. The van der Waals surface area contributed by atoms with Crippen molar-refractivity contribution < 1.29 is 19.3 Å². The van der Waals surface area contributed by atoms with Crippen molar-refractivity contribution in [3.8, 4) is 11.5 Å². The lowest BCUT2D eigenvalue weighted by Crippen LogP contribution is -2.30. The standard InChI is InChI=1S/C24H29ClO4/c25-14-20(26)15-27-21-8-4-18(5-9-21)24(12-2-1-3-13-24)19-6-10-22(11-7-19)28-16-23-17-29-23/h4-11,20,23,26H,1-3,12-17H2. The number of hydrogen-bond acceptors (Lipinski definition) is 4. The van der Waals surface area contributed by atoms with Crippen LogP contribution in [-0.4, -0.2) is 43.0 Å². The SMILES string of the molecule is OC(CCl)COc1ccc(C2(c3ccc(OCC4CO4)cc3)CCCCC2)cc1. The monoisotopic (exact) mass is 416 g/mol. The number of rotatable bonds is 9. The van der Waals surface area contributed by atoms with Crippen LogP contribution in [0.2, 0.25) is 0 Å². The Hall–Kier alpha value is -1.75. The third-order valence-corrected chi connectivity index (χ3v) is 6.34. The van der Waals surface area contributed by atoms with Crippen LogP contribution in [0.1, 0.15) is 43.2 Å². The summed E-state index contributed by atoms with van der Waals surface area (Å²) < 4.78 is 16.7. The first-order valence-electron chi connectivity index (χ1n) is 10.5. The number of ether oxygens (including phenoxy) is 3. The van der Waals surface area contributed by atoms with Crippen LogP contribution in [0.3, 0.4) is 0 Å². The predicted octanol–water partition coefficient (Wildman–Crippen LogP) is 4.69. The quantitative estimate of drug-likeness (QED) is 0.475. The number of halogens is 1. The summed E-state index contributed by atoms with van der Waals surface area (Å²) in [4.78, 5) is 0. The summed E-state index contributed by atoms with van der Waals surface area (Å²) >= 11 is 5.64. The average molecular weight is 417 g/mol. The summed E-state index contributed by atoms with van der Waals surface area (Å²) in [6.45, 7) is 1.65. The lowest BCUT2D eigenvalue weighted by atomic mass is 9.65. The van der Waals surface area contributed by atoms with Crippen molar-refractivity contribution in [1.29, 1.82) is 0 Å². The van der Waals surface area contributed by atoms with Gasteiger partial charge in [-0.1, -0.05) is 43.5 Å². The van der Waals surface area contributed by atoms with E-state index in [-0.39, 0.29) is 24.0 Å². The molecule has 0 aromatic heterocycles. The van der Waals surface area contributed by atoms with Crippen molar-refractivity contribution >= 4 is 11.6 Å². The fourth-order valence-corrected chi connectivity index (χ4v) is 4.32. The minimum absolute atomic E-state index is 0.0323. The van der Waals surface area contributed by atoms with E-state index in [0.717, 1.165) is 30.9 Å². The van der Waals surface area contributed by atoms with E-state index in [0.29, 0.717) is 6.61 Å². The van der Waals surface area contributed by atoms with Crippen LogP contribution in [-0.2, 0) is 10.2 Å². The van der Waals surface area contributed by atoms with Crippen molar-refractivity contribution in [3.05, 3.63) is 59.7 Å². The normalized spacial score (nSPS) is 21.4. The molecule has 1 saturated heterocycles. The molecule has 2 atom stereocenters. The molecule has 0 spiro atoms. The van der Waals surface area contributed by atoms with Crippen LogP contribution in [0.15, 0.2) is 48.5 Å². The second kappa shape index (κ2) is 9.38. The highest BCUT2D eigenvalue weighted by Crippen LogP contribution is 2.45. The molecule has 2 aromatic carbocycles. The molecule has 1 N–H and O–H groups in total. The zero-order valence-corrected chi connectivity index (χ0v) is 17.4. The molecule has 1 aliphatic carbocycles. The number of hydrogen-bond donors (Lipinski definition) is 1. The molecule has 2 aliphatic rings. The van der Waals surface area contributed by atoms with Crippen molar-refractivity contribution in [2.75, 3.05) is 25.7 Å². The van der Waals surface area contributed by atoms with Gasteiger partial charge < -0.3 is 19.3 Å². The van der Waals surface area contributed by atoms with Crippen molar-refractivity contribution in [3.63, 3.8) is 0 Å². The first kappa shape index (κ1) is 20.5. The van der Waals surface area contributed by atoms with Gasteiger partial charge in [0.05, 0.1) is 12.5 Å². The van der Waals surface area contributed by atoms with Gasteiger partial charge >= 0.3 is 0 Å². The lowest BCUT2D eigenvalue weighted by molar-refractivity contribution is 0.125. The first-order valence-corrected chi connectivity index (χ1v) is 11.1. The Bertz CT molecular complexity index is 764. The number of aliphatic hydroxyl groups is 1. The Morgan fingerprint density at radius 2 is 1.48 bits per heavy atom. The van der Waals surface area contributed by atoms with Gasteiger partial charge in [-0.2, -0.15) is 0 Å². The van der Waals surface area contributed by atoms with Gasteiger partial charge in [0.15, 0.2) is 0 Å². The molecule has 0 amide bonds. The van der Waals surface area contributed by atoms with Gasteiger partial charge in [-0.3, -0.25) is 0 Å². The average Bonchev–Trinajstić information content (AvgIpc) is 3.62. The zero-order chi connectivity index (χ0) is 20.1. The fraction of sp³-hybridized carbons (Fsp3) is 0.500. The van der Waals surface area contributed by atoms with Crippen molar-refractivity contribution in [2.45, 2.75) is 49.7 Å². The Labute approximate surface area is 177 Å². The highest BCUT2D eigenvalue weighted by Gasteiger charge is 2.35. The van der Waals surface area contributed by atoms with Gasteiger partial charge in [0.1, 0.15) is 36.9 Å². The maximum atomic E-state index is 9.59. The molecule has 4 rings (SSSR count). The van der Waals surface area contributed by atoms with Gasteiger partial charge in [-0.05, 0) is 48.2 Å². The predicted molar refractivity (Wildman–Crippen MR) is 114 cm³/mol. The highest BCUT2D eigenvalue weighted by atomic mass is 35.5. The van der Waals surface area contributed by atoms with Crippen molar-refractivity contribution in [1.82, 2.24) is 0 Å². The van der Waals surface area contributed by atoms with Gasteiger partial charge in [0, 0.05) is 5.41 Å². The molecule has 2 aromatic rings. The fourth-order valence-electron chi connectivity index (χ4n) is 4.23. The molecular weight excluding hydrogens is 388 g/mol. The maximum absolute atomic E-state index is 9.59. The van der Waals surface area contributed by atoms with E-state index in [2.05, 4.69) is 36.4 Å². The number of alkyl halides is 1. The smallest absolute Gasteiger partial charge is 0.119 e. The maximum Gasteiger partial charge on any atom is 0.119 e. The van der Waals surface area contributed by atoms with E-state index in [1.807, 2.05) is 12.1 Å². The second-order valence-corrected chi connectivity index (χ2v) is 8.39. The second-order valence-electron chi connectivity index (χ2n) is 8.08. The van der Waals surface area contributed by atoms with E-state index in [1.165, 1.54) is 30.4 Å². The van der Waals surface area contributed by atoms with Crippen LogP contribution in [0, 0.1) is 0 Å². The van der Waals surface area contributed by atoms with E-state index < -0.39 is 6.10 Å². The summed E-state index contributed by atoms with van der Waals surface area (Å²) in [6, 6.07) is 16.9. The molecule has 2 unspecified atom stereocenters. The number of benzene rings is 2. The Balaban J connectivity index is 1.51. The van der Waals surface area contributed by atoms with E-state index >= 15 is 0 Å². The molecule has 29 heavy (non-hydrogen) atoms. The molecular formula is C24H29ClO4. The first-order chi connectivity index (χ1) is 14.2. The Morgan fingerprint density at radius 3 is 2.00 bits per heavy atom. The van der Waals surface area contributed by atoms with E-state index in [1.54, 1.807) is 0 Å². The van der Waals surface area contributed by atoms with Gasteiger partial charge in [0.25, 0.3) is 0 Å². The lowest BCUT2D eigenvalue weighted by Gasteiger charge is -2.38. The molecule has 0 bridgehead atoms. The summed E-state index contributed by atoms with van der Waals surface area (Å²) in [5, 5.41) is 9.59. The molecule has 5 heteroatoms. The van der Waals surface area contributed by atoms with E-state index in [4.69, 9.17) is 25.8 Å². The third-order valence-electron chi connectivity index (χ3n) is 5.98. The van der Waals surface area contributed by atoms with Gasteiger partial charge in [-0.25, -0.2) is 0 Å². The Kier molecular flexibility index (Phi) is 6.63. The topological polar surface area (TPSA) is 51.2 Å². The summed E-state index contributed by atoms with van der Waals surface area (Å²) in [7, 11) is 0. The highest BCUT2D eigenvalue weighted by molar-refractivity contribution is 6.18. The summed E-state index contributed by atoms with van der Waals surface area (Å²) in [6.07, 6.45) is 5.68. The summed E-state index contributed by atoms with van der Waals surface area (Å²) in [5.74, 6) is 1.83.